The highest BCUT2D eigenvalue weighted by atomic mass is 35.5. The Kier molecular flexibility index (Phi) is 8.40. The minimum atomic E-state index is -0.671. The van der Waals surface area contributed by atoms with Crippen molar-refractivity contribution in [3.05, 3.63) is 91.9 Å². The van der Waals surface area contributed by atoms with Crippen molar-refractivity contribution in [3.8, 4) is 23.6 Å². The number of anilines is 1. The van der Waals surface area contributed by atoms with Gasteiger partial charge in [0, 0.05) is 5.56 Å². The predicted molar refractivity (Wildman–Crippen MR) is 132 cm³/mol. The highest BCUT2D eigenvalue weighted by molar-refractivity contribution is 6.44. The van der Waals surface area contributed by atoms with Gasteiger partial charge in [-0.3, -0.25) is 4.79 Å². The maximum Gasteiger partial charge on any atom is 0.266 e. The van der Waals surface area contributed by atoms with Crippen LogP contribution in [0.5, 0.6) is 11.5 Å². The number of rotatable bonds is 7. The van der Waals surface area contributed by atoms with E-state index in [2.05, 4.69) is 11.4 Å². The molecule has 3 aromatic carbocycles. The first-order valence-electron chi connectivity index (χ1n) is 9.73. The van der Waals surface area contributed by atoms with Crippen LogP contribution in [0.1, 0.15) is 16.7 Å². The number of ether oxygens (including phenoxy) is 2. The molecule has 0 aliphatic rings. The minimum Gasteiger partial charge on any atom is -0.493 e. The van der Waals surface area contributed by atoms with E-state index in [0.29, 0.717) is 22.4 Å². The predicted octanol–water partition coefficient (Wildman–Crippen LogP) is 6.65. The Bertz CT molecular complexity index is 1360. The van der Waals surface area contributed by atoms with Crippen LogP contribution in [-0.2, 0) is 11.4 Å². The topological polar surface area (TPSA) is 95.1 Å². The molecule has 0 atom stereocenters. The van der Waals surface area contributed by atoms with E-state index >= 15 is 0 Å². The van der Waals surface area contributed by atoms with Gasteiger partial charge in [-0.15, -0.1) is 0 Å². The van der Waals surface area contributed by atoms with Crippen molar-refractivity contribution >= 4 is 52.5 Å². The number of carbonyl (C=O) groups is 1. The third kappa shape index (κ3) is 5.81. The molecule has 0 aliphatic carbocycles. The maximum atomic E-state index is 12.6. The number of carbonyl (C=O) groups excluding carboxylic acids is 1. The fourth-order valence-electron chi connectivity index (χ4n) is 2.97. The lowest BCUT2D eigenvalue weighted by atomic mass is 10.1. The number of hydrogen-bond acceptors (Lipinski definition) is 5. The summed E-state index contributed by atoms with van der Waals surface area (Å²) >= 11 is 18.5. The average molecular weight is 513 g/mol. The van der Waals surface area contributed by atoms with Crippen LogP contribution in [0, 0.1) is 22.7 Å². The van der Waals surface area contributed by atoms with E-state index < -0.39 is 5.91 Å². The summed E-state index contributed by atoms with van der Waals surface area (Å²) in [4.78, 5) is 12.6. The summed E-state index contributed by atoms with van der Waals surface area (Å²) in [7, 11) is 1.44. The number of halogens is 3. The van der Waals surface area contributed by atoms with Crippen LogP contribution in [0.3, 0.4) is 0 Å². The number of nitrogens with one attached hydrogen (secondary N) is 1. The average Bonchev–Trinajstić information content (AvgIpc) is 2.84. The van der Waals surface area contributed by atoms with E-state index in [0.717, 1.165) is 0 Å². The minimum absolute atomic E-state index is 0.0985. The summed E-state index contributed by atoms with van der Waals surface area (Å²) in [5, 5.41) is 22.0. The number of methoxy groups -OCH3 is 1. The van der Waals surface area contributed by atoms with Gasteiger partial charge in [-0.1, -0.05) is 59.1 Å². The van der Waals surface area contributed by atoms with E-state index in [1.54, 1.807) is 48.5 Å². The van der Waals surface area contributed by atoms with Gasteiger partial charge in [0.2, 0.25) is 0 Å². The van der Waals surface area contributed by atoms with Gasteiger partial charge >= 0.3 is 0 Å². The van der Waals surface area contributed by atoms with Crippen molar-refractivity contribution in [3.63, 3.8) is 0 Å². The third-order valence-corrected chi connectivity index (χ3v) is 5.74. The first-order chi connectivity index (χ1) is 16.4. The normalized spacial score (nSPS) is 10.7. The molecule has 0 bridgehead atoms. The van der Waals surface area contributed by atoms with E-state index in [1.165, 1.54) is 19.3 Å². The Morgan fingerprint density at radius 3 is 2.53 bits per heavy atom. The first-order valence-corrected chi connectivity index (χ1v) is 10.9. The van der Waals surface area contributed by atoms with Crippen molar-refractivity contribution in [1.29, 1.82) is 10.5 Å². The summed E-state index contributed by atoms with van der Waals surface area (Å²) in [6.45, 7) is 0.0985. The summed E-state index contributed by atoms with van der Waals surface area (Å²) in [5.41, 5.74) is 1.70. The van der Waals surface area contributed by atoms with Crippen LogP contribution < -0.4 is 14.8 Å². The molecule has 9 heteroatoms. The van der Waals surface area contributed by atoms with E-state index in [1.807, 2.05) is 6.07 Å². The molecule has 0 saturated heterocycles. The van der Waals surface area contributed by atoms with Gasteiger partial charge in [-0.05, 0) is 42.0 Å². The zero-order valence-corrected chi connectivity index (χ0v) is 20.0. The molecule has 3 rings (SSSR count). The number of benzene rings is 3. The second-order valence-electron chi connectivity index (χ2n) is 6.82. The lowest BCUT2D eigenvalue weighted by Gasteiger charge is -2.14. The van der Waals surface area contributed by atoms with Gasteiger partial charge < -0.3 is 14.8 Å². The van der Waals surface area contributed by atoms with Gasteiger partial charge in [-0.2, -0.15) is 10.5 Å². The fourth-order valence-corrected chi connectivity index (χ4v) is 3.60. The molecule has 1 N–H and O–H groups in total. The van der Waals surface area contributed by atoms with Crippen LogP contribution in [0.25, 0.3) is 6.08 Å². The molecule has 1 amide bonds. The molecule has 0 radical (unpaired) electrons. The summed E-state index contributed by atoms with van der Waals surface area (Å²) in [6, 6.07) is 18.9. The smallest absolute Gasteiger partial charge is 0.266 e. The lowest BCUT2D eigenvalue weighted by molar-refractivity contribution is -0.112. The monoisotopic (exact) mass is 511 g/mol. The van der Waals surface area contributed by atoms with Crippen molar-refractivity contribution in [2.75, 3.05) is 12.4 Å². The third-order valence-electron chi connectivity index (χ3n) is 4.64. The van der Waals surface area contributed by atoms with Crippen LogP contribution in [0.2, 0.25) is 15.1 Å². The zero-order chi connectivity index (χ0) is 24.7. The first kappa shape index (κ1) is 25.0. The van der Waals surface area contributed by atoms with Crippen LogP contribution in [-0.4, -0.2) is 13.0 Å². The number of hydrogen-bond donors (Lipinski definition) is 1. The summed E-state index contributed by atoms with van der Waals surface area (Å²) < 4.78 is 11.2. The molecule has 0 saturated carbocycles. The molecule has 0 fully saturated rings. The number of nitriles is 2. The highest BCUT2D eigenvalue weighted by Crippen LogP contribution is 2.38. The molecule has 0 spiro atoms. The van der Waals surface area contributed by atoms with Crippen LogP contribution in [0.15, 0.2) is 60.2 Å². The maximum absolute atomic E-state index is 12.6. The molecular weight excluding hydrogens is 497 g/mol. The fraction of sp³-hybridized carbons (Fsp3) is 0.0800. The largest absolute Gasteiger partial charge is 0.493 e. The van der Waals surface area contributed by atoms with Crippen LogP contribution in [0.4, 0.5) is 5.69 Å². The summed E-state index contributed by atoms with van der Waals surface area (Å²) in [5.74, 6) is -0.110. The van der Waals surface area contributed by atoms with Gasteiger partial charge in [0.05, 0.1) is 39.5 Å². The quantitative estimate of drug-likeness (QED) is 0.282. The SMILES string of the molecule is COc1cc(/C=C(/C#N)C(=O)Nc2cccc(Cl)c2Cl)cc(Cl)c1OCc1ccccc1C#N. The Hall–Kier alpha value is -3.68. The molecular formula is C25H16Cl3N3O3. The number of amides is 1. The molecule has 0 aliphatic heterocycles. The van der Waals surface area contributed by atoms with Gasteiger partial charge in [0.25, 0.3) is 5.91 Å². The molecule has 34 heavy (non-hydrogen) atoms. The van der Waals surface area contributed by atoms with Gasteiger partial charge in [0.1, 0.15) is 18.2 Å². The van der Waals surface area contributed by atoms with Crippen molar-refractivity contribution in [1.82, 2.24) is 0 Å². The Morgan fingerprint density at radius 1 is 1.06 bits per heavy atom. The Balaban J connectivity index is 1.86. The molecule has 0 unspecified atom stereocenters. The van der Waals surface area contributed by atoms with Gasteiger partial charge in [-0.25, -0.2) is 0 Å². The van der Waals surface area contributed by atoms with E-state index in [-0.39, 0.29) is 38.7 Å². The molecule has 3 aromatic rings. The second-order valence-corrected chi connectivity index (χ2v) is 8.01. The Morgan fingerprint density at radius 2 is 1.82 bits per heavy atom. The lowest BCUT2D eigenvalue weighted by Crippen LogP contribution is -2.13. The van der Waals surface area contributed by atoms with Gasteiger partial charge in [0.15, 0.2) is 11.5 Å². The van der Waals surface area contributed by atoms with Crippen molar-refractivity contribution in [2.24, 2.45) is 0 Å². The Labute approximate surface area is 211 Å². The zero-order valence-electron chi connectivity index (χ0n) is 17.7. The molecule has 0 heterocycles. The van der Waals surface area contributed by atoms with Crippen molar-refractivity contribution < 1.29 is 14.3 Å². The van der Waals surface area contributed by atoms with Crippen molar-refractivity contribution in [2.45, 2.75) is 6.61 Å². The van der Waals surface area contributed by atoms with E-state index in [9.17, 15) is 15.3 Å². The second kappa shape index (κ2) is 11.4. The van der Waals surface area contributed by atoms with E-state index in [4.69, 9.17) is 44.3 Å². The number of nitrogens with zero attached hydrogens (tertiary/aromatic N) is 2. The standard InChI is InChI=1S/C25H16Cl3N3O3/c1-33-22-11-15(9-18(13-30)25(32)31-21-8-4-7-19(26)23(21)28)10-20(27)24(22)34-14-17-6-3-2-5-16(17)12-29/h2-11H,14H2,1H3,(H,31,32)/b18-9-. The summed E-state index contributed by atoms with van der Waals surface area (Å²) in [6.07, 6.45) is 1.36. The molecule has 170 valence electrons. The molecule has 6 nitrogen and oxygen atoms in total. The highest BCUT2D eigenvalue weighted by Gasteiger charge is 2.16. The molecule has 0 aromatic heterocycles. The van der Waals surface area contributed by atoms with Crippen LogP contribution >= 0.6 is 34.8 Å².